The number of epoxide rings is 1. The van der Waals surface area contributed by atoms with E-state index in [4.69, 9.17) is 4.74 Å². The van der Waals surface area contributed by atoms with E-state index in [1.807, 2.05) is 0 Å². The summed E-state index contributed by atoms with van der Waals surface area (Å²) in [7, 11) is 0. The molecule has 0 saturated carbocycles. The van der Waals surface area contributed by atoms with Crippen LogP contribution in [-0.2, 0) is 4.74 Å². The summed E-state index contributed by atoms with van der Waals surface area (Å²) in [6.45, 7) is 2.08. The van der Waals surface area contributed by atoms with Crippen LogP contribution in [0.3, 0.4) is 0 Å². The molecule has 1 aliphatic rings. The minimum Gasteiger partial charge on any atom is -0.369 e. The van der Waals surface area contributed by atoms with E-state index in [2.05, 4.69) is 22.9 Å². The lowest BCUT2D eigenvalue weighted by atomic mass is 10.4. The molecule has 2 heteroatoms. The molecule has 2 atom stereocenters. The van der Waals surface area contributed by atoms with Crippen molar-refractivity contribution in [2.75, 3.05) is 5.33 Å². The van der Waals surface area contributed by atoms with Crippen LogP contribution < -0.4 is 0 Å². The molecule has 0 aromatic rings. The lowest BCUT2D eigenvalue weighted by Crippen LogP contribution is -1.86. The predicted octanol–water partition coefficient (Wildman–Crippen LogP) is 1.17. The van der Waals surface area contributed by atoms with Crippen molar-refractivity contribution < 1.29 is 4.74 Å². The lowest BCUT2D eigenvalue weighted by molar-refractivity contribution is 0.391. The molecule has 0 spiro atoms. The minimum absolute atomic E-state index is 0.518. The summed E-state index contributed by atoms with van der Waals surface area (Å²) in [4.78, 5) is 0. The third-order valence-corrected chi connectivity index (χ3v) is 1.63. The molecule has 1 rings (SSSR count). The highest BCUT2D eigenvalue weighted by Gasteiger charge is 2.32. The molecule has 0 aromatic heterocycles. The second-order valence-electron chi connectivity index (χ2n) is 1.53. The summed E-state index contributed by atoms with van der Waals surface area (Å²) < 4.78 is 5.02. The summed E-state index contributed by atoms with van der Waals surface area (Å²) in [6, 6.07) is 0. The molecule has 1 nitrogen and oxygen atoms in total. The van der Waals surface area contributed by atoms with Gasteiger partial charge >= 0.3 is 0 Å². The van der Waals surface area contributed by atoms with E-state index >= 15 is 0 Å². The highest BCUT2D eigenvalue weighted by molar-refractivity contribution is 9.09. The highest BCUT2D eigenvalue weighted by atomic mass is 79.9. The van der Waals surface area contributed by atoms with E-state index < -0.39 is 0 Å². The molecule has 1 heterocycles. The first-order valence-corrected chi connectivity index (χ1v) is 3.18. The topological polar surface area (TPSA) is 12.5 Å². The number of hydrogen-bond acceptors (Lipinski definition) is 1. The molecular formula is C4H7BrO. The first kappa shape index (κ1) is 4.60. The molecule has 1 aliphatic heterocycles. The van der Waals surface area contributed by atoms with Crippen LogP contribution in [-0.4, -0.2) is 17.5 Å². The van der Waals surface area contributed by atoms with Crippen LogP contribution in [0.25, 0.3) is 0 Å². The van der Waals surface area contributed by atoms with Crippen molar-refractivity contribution >= 4 is 15.9 Å². The van der Waals surface area contributed by atoms with Gasteiger partial charge in [-0.2, -0.15) is 0 Å². The third-order valence-electron chi connectivity index (χ3n) is 0.988. The molecule has 0 bridgehead atoms. The molecule has 0 N–H and O–H groups in total. The van der Waals surface area contributed by atoms with Crippen molar-refractivity contribution in [1.29, 1.82) is 0 Å². The maximum absolute atomic E-state index is 5.02. The molecular weight excluding hydrogens is 144 g/mol. The van der Waals surface area contributed by atoms with E-state index in [-0.39, 0.29) is 0 Å². The fraction of sp³-hybridized carbons (Fsp3) is 1.00. The molecule has 1 fully saturated rings. The van der Waals surface area contributed by atoms with Crippen molar-refractivity contribution in [3.05, 3.63) is 0 Å². The monoisotopic (exact) mass is 150 g/mol. The first-order valence-electron chi connectivity index (χ1n) is 2.06. The molecule has 36 valence electrons. The van der Waals surface area contributed by atoms with Crippen LogP contribution in [0.1, 0.15) is 6.92 Å². The summed E-state index contributed by atoms with van der Waals surface area (Å²) in [5.41, 5.74) is 0. The van der Waals surface area contributed by atoms with Crippen LogP contribution >= 0.6 is 15.9 Å². The largest absolute Gasteiger partial charge is 0.369 e. The number of alkyl halides is 1. The molecule has 0 radical (unpaired) electrons. The van der Waals surface area contributed by atoms with Crippen molar-refractivity contribution in [3.8, 4) is 0 Å². The van der Waals surface area contributed by atoms with Gasteiger partial charge in [-0.1, -0.05) is 15.9 Å². The Kier molecular flexibility index (Phi) is 1.15. The molecule has 2 unspecified atom stereocenters. The van der Waals surface area contributed by atoms with Gasteiger partial charge in [-0.15, -0.1) is 0 Å². The summed E-state index contributed by atoms with van der Waals surface area (Å²) >= 11 is 3.29. The molecule has 0 aromatic carbocycles. The summed E-state index contributed by atoms with van der Waals surface area (Å²) in [5.74, 6) is 0. The smallest absolute Gasteiger partial charge is 0.0935 e. The van der Waals surface area contributed by atoms with E-state index in [1.165, 1.54) is 0 Å². The van der Waals surface area contributed by atoms with Gasteiger partial charge in [-0.25, -0.2) is 0 Å². The van der Waals surface area contributed by atoms with Gasteiger partial charge in [-0.05, 0) is 6.92 Å². The second-order valence-corrected chi connectivity index (χ2v) is 2.18. The van der Waals surface area contributed by atoms with Gasteiger partial charge in [0, 0.05) is 5.33 Å². The van der Waals surface area contributed by atoms with E-state index in [0.717, 1.165) is 5.33 Å². The average molecular weight is 151 g/mol. The van der Waals surface area contributed by atoms with Crippen molar-refractivity contribution in [3.63, 3.8) is 0 Å². The molecule has 0 aliphatic carbocycles. The highest BCUT2D eigenvalue weighted by Crippen LogP contribution is 2.21. The standard InChI is InChI=1S/C4H7BrO/c1-3-4(2-5)6-3/h3-4H,2H2,1H3. The Morgan fingerprint density at radius 3 is 2.33 bits per heavy atom. The summed E-state index contributed by atoms with van der Waals surface area (Å²) in [5, 5.41) is 0.994. The van der Waals surface area contributed by atoms with Gasteiger partial charge in [0.1, 0.15) is 0 Å². The normalized spacial score (nSPS) is 43.0. The fourth-order valence-corrected chi connectivity index (χ4v) is 1.07. The summed E-state index contributed by atoms with van der Waals surface area (Å²) in [6.07, 6.45) is 1.04. The zero-order valence-electron chi connectivity index (χ0n) is 3.65. The SMILES string of the molecule is CC1OC1CBr. The van der Waals surface area contributed by atoms with Gasteiger partial charge in [0.2, 0.25) is 0 Å². The van der Waals surface area contributed by atoms with Gasteiger partial charge < -0.3 is 4.74 Å². The number of hydrogen-bond donors (Lipinski definition) is 0. The number of ether oxygens (including phenoxy) is 1. The zero-order valence-corrected chi connectivity index (χ0v) is 5.23. The Balaban J connectivity index is 2.09. The first-order chi connectivity index (χ1) is 2.84. The van der Waals surface area contributed by atoms with Crippen LogP contribution in [0.4, 0.5) is 0 Å². The van der Waals surface area contributed by atoms with Crippen LogP contribution in [0.5, 0.6) is 0 Å². The van der Waals surface area contributed by atoms with E-state index in [0.29, 0.717) is 12.2 Å². The Hall–Kier alpha value is 0.440. The number of halogens is 1. The second kappa shape index (κ2) is 1.51. The van der Waals surface area contributed by atoms with Gasteiger partial charge in [0.15, 0.2) is 0 Å². The molecule has 6 heavy (non-hydrogen) atoms. The van der Waals surface area contributed by atoms with Crippen LogP contribution in [0.15, 0.2) is 0 Å². The van der Waals surface area contributed by atoms with Gasteiger partial charge in [-0.3, -0.25) is 0 Å². The van der Waals surface area contributed by atoms with Crippen molar-refractivity contribution in [2.24, 2.45) is 0 Å². The quantitative estimate of drug-likeness (QED) is 0.404. The van der Waals surface area contributed by atoms with Crippen LogP contribution in [0.2, 0.25) is 0 Å². The molecule has 1 saturated heterocycles. The maximum Gasteiger partial charge on any atom is 0.0935 e. The Morgan fingerprint density at radius 2 is 2.33 bits per heavy atom. The van der Waals surface area contributed by atoms with Crippen molar-refractivity contribution in [2.45, 2.75) is 19.1 Å². The minimum atomic E-state index is 0.518. The predicted molar refractivity (Wildman–Crippen MR) is 28.1 cm³/mol. The Bertz CT molecular complexity index is 53.5. The maximum atomic E-state index is 5.02. The molecule has 0 amide bonds. The Labute approximate surface area is 45.8 Å². The van der Waals surface area contributed by atoms with Gasteiger partial charge in [0.05, 0.1) is 12.2 Å². The van der Waals surface area contributed by atoms with E-state index in [1.54, 1.807) is 0 Å². The van der Waals surface area contributed by atoms with Gasteiger partial charge in [0.25, 0.3) is 0 Å². The fourth-order valence-electron chi connectivity index (χ4n) is 0.392. The lowest BCUT2D eigenvalue weighted by Gasteiger charge is -1.70. The third kappa shape index (κ3) is 0.738. The number of rotatable bonds is 1. The average Bonchev–Trinajstić information content (AvgIpc) is 2.19. The van der Waals surface area contributed by atoms with Crippen molar-refractivity contribution in [1.82, 2.24) is 0 Å². The Morgan fingerprint density at radius 1 is 1.83 bits per heavy atom. The zero-order chi connectivity index (χ0) is 4.57. The van der Waals surface area contributed by atoms with E-state index in [9.17, 15) is 0 Å². The van der Waals surface area contributed by atoms with Crippen LogP contribution in [0, 0.1) is 0 Å².